The summed E-state index contributed by atoms with van der Waals surface area (Å²) in [5.41, 5.74) is 4.94. The Balaban J connectivity index is 1.23. The number of thiophene rings is 2. The van der Waals surface area contributed by atoms with E-state index in [0.717, 1.165) is 42.9 Å². The molecule has 2 N–H and O–H groups in total. The zero-order valence-electron chi connectivity index (χ0n) is 22.1. The number of aromatic nitrogens is 2. The number of hydrogen-bond acceptors (Lipinski definition) is 6. The molecule has 3 aromatic carbocycles. The van der Waals surface area contributed by atoms with E-state index in [1.165, 1.54) is 0 Å². The molecule has 0 atom stereocenters. The van der Waals surface area contributed by atoms with Crippen LogP contribution in [0.2, 0.25) is 0 Å². The Morgan fingerprint density at radius 3 is 1.38 bits per heavy atom. The monoisotopic (exact) mass is 582 g/mol. The summed E-state index contributed by atoms with van der Waals surface area (Å²) < 4.78 is 0. The number of pyridine rings is 2. The summed E-state index contributed by atoms with van der Waals surface area (Å²) in [4.78, 5) is 39.0. The third-order valence-electron chi connectivity index (χ3n) is 6.89. The number of nitrogens with zero attached hydrogens (tertiary/aromatic N) is 2. The zero-order chi connectivity index (χ0) is 28.5. The minimum Gasteiger partial charge on any atom is -0.320 e. The largest absolute Gasteiger partial charge is 0.320 e. The first-order valence-electron chi connectivity index (χ1n) is 13.2. The second kappa shape index (κ2) is 11.0. The van der Waals surface area contributed by atoms with Gasteiger partial charge in [0.1, 0.15) is 0 Å². The summed E-state index contributed by atoms with van der Waals surface area (Å²) in [7, 11) is 0. The molecule has 42 heavy (non-hydrogen) atoms. The van der Waals surface area contributed by atoms with Gasteiger partial charge in [-0.05, 0) is 59.3 Å². The van der Waals surface area contributed by atoms with Crippen LogP contribution >= 0.6 is 22.7 Å². The smallest absolute Gasteiger partial charge is 0.256 e. The van der Waals surface area contributed by atoms with Gasteiger partial charge in [0.15, 0.2) is 0 Å². The molecule has 7 rings (SSSR count). The summed E-state index contributed by atoms with van der Waals surface area (Å²) in [6.45, 7) is 0. The highest BCUT2D eigenvalue weighted by Gasteiger charge is 2.19. The summed E-state index contributed by atoms with van der Waals surface area (Å²) in [6.07, 6.45) is 0. The van der Waals surface area contributed by atoms with Crippen molar-refractivity contribution < 1.29 is 9.59 Å². The van der Waals surface area contributed by atoms with Crippen LogP contribution in [-0.2, 0) is 0 Å². The van der Waals surface area contributed by atoms with Gasteiger partial charge in [0.25, 0.3) is 11.8 Å². The number of benzene rings is 3. The van der Waals surface area contributed by atoms with Gasteiger partial charge in [0, 0.05) is 10.8 Å². The molecule has 0 aliphatic heterocycles. The van der Waals surface area contributed by atoms with Crippen molar-refractivity contribution in [2.75, 3.05) is 10.6 Å². The molecule has 2 amide bonds. The lowest BCUT2D eigenvalue weighted by molar-refractivity contribution is 0.101. The average Bonchev–Trinajstić information content (AvgIpc) is 3.76. The van der Waals surface area contributed by atoms with E-state index in [2.05, 4.69) is 10.6 Å². The van der Waals surface area contributed by atoms with E-state index in [4.69, 9.17) is 9.97 Å². The van der Waals surface area contributed by atoms with E-state index in [1.54, 1.807) is 34.8 Å². The Morgan fingerprint density at radius 1 is 0.524 bits per heavy atom. The van der Waals surface area contributed by atoms with Gasteiger partial charge in [-0.3, -0.25) is 9.59 Å². The second-order valence-electron chi connectivity index (χ2n) is 9.55. The van der Waals surface area contributed by atoms with Gasteiger partial charge in [0.2, 0.25) is 0 Å². The fourth-order valence-corrected chi connectivity index (χ4v) is 6.28. The Bertz CT molecular complexity index is 1940. The Morgan fingerprint density at radius 2 is 0.952 bits per heavy atom. The molecule has 0 aliphatic carbocycles. The van der Waals surface area contributed by atoms with E-state index in [0.29, 0.717) is 22.5 Å². The predicted octanol–water partition coefficient (Wildman–Crippen LogP) is 8.74. The maximum atomic E-state index is 13.8. The molecule has 0 saturated carbocycles. The van der Waals surface area contributed by atoms with E-state index in [9.17, 15) is 9.59 Å². The van der Waals surface area contributed by atoms with Gasteiger partial charge in [-0.15, -0.1) is 22.7 Å². The third kappa shape index (κ3) is 4.94. The Labute approximate surface area is 249 Å². The second-order valence-corrected chi connectivity index (χ2v) is 11.4. The average molecular weight is 583 g/mol. The highest BCUT2D eigenvalue weighted by molar-refractivity contribution is 7.13. The maximum Gasteiger partial charge on any atom is 0.256 e. The lowest BCUT2D eigenvalue weighted by atomic mass is 10.1. The normalized spacial score (nSPS) is 11.0. The fraction of sp³-hybridized carbons (Fsp3) is 0. The fourth-order valence-electron chi connectivity index (χ4n) is 4.91. The number of anilines is 2. The van der Waals surface area contributed by atoms with E-state index in [1.807, 2.05) is 108 Å². The SMILES string of the molecule is O=C(Nc1ccccc1NC(=O)c1cc(-c2cccs2)nc2ccccc12)c1cc(-c2cccs2)nc2ccccc12. The molecular weight excluding hydrogens is 561 g/mol. The first-order valence-corrected chi connectivity index (χ1v) is 15.0. The molecule has 0 saturated heterocycles. The van der Waals surface area contributed by atoms with Gasteiger partial charge in [-0.1, -0.05) is 60.7 Å². The van der Waals surface area contributed by atoms with Gasteiger partial charge < -0.3 is 10.6 Å². The summed E-state index contributed by atoms with van der Waals surface area (Å²) >= 11 is 3.14. The molecule has 4 heterocycles. The molecule has 0 unspecified atom stereocenters. The molecular formula is C34H22N4O2S2. The third-order valence-corrected chi connectivity index (χ3v) is 8.68. The van der Waals surface area contributed by atoms with Crippen LogP contribution in [0.5, 0.6) is 0 Å². The molecule has 0 fully saturated rings. The van der Waals surface area contributed by atoms with Crippen LogP contribution in [-0.4, -0.2) is 21.8 Å². The maximum absolute atomic E-state index is 13.8. The lowest BCUT2D eigenvalue weighted by Crippen LogP contribution is -2.17. The Kier molecular flexibility index (Phi) is 6.75. The topological polar surface area (TPSA) is 84.0 Å². The number of carbonyl (C=O) groups is 2. The van der Waals surface area contributed by atoms with Gasteiger partial charge >= 0.3 is 0 Å². The van der Waals surface area contributed by atoms with Crippen LogP contribution < -0.4 is 10.6 Å². The lowest BCUT2D eigenvalue weighted by Gasteiger charge is -2.15. The number of amides is 2. The molecule has 6 nitrogen and oxygen atoms in total. The zero-order valence-corrected chi connectivity index (χ0v) is 23.7. The van der Waals surface area contributed by atoms with Crippen molar-refractivity contribution in [3.63, 3.8) is 0 Å². The van der Waals surface area contributed by atoms with E-state index < -0.39 is 0 Å². The van der Waals surface area contributed by atoms with Crippen LogP contribution in [0.15, 0.2) is 120 Å². The minimum absolute atomic E-state index is 0.289. The highest BCUT2D eigenvalue weighted by atomic mass is 32.1. The highest BCUT2D eigenvalue weighted by Crippen LogP contribution is 2.31. The Hall–Kier alpha value is -5.18. The van der Waals surface area contributed by atoms with E-state index in [-0.39, 0.29) is 11.8 Å². The quantitative estimate of drug-likeness (QED) is 0.205. The summed E-state index contributed by atoms with van der Waals surface area (Å²) in [5, 5.41) is 11.5. The van der Waals surface area contributed by atoms with Crippen LogP contribution in [0, 0.1) is 0 Å². The van der Waals surface area contributed by atoms with Gasteiger partial charge in [0.05, 0.1) is 54.7 Å². The molecule has 8 heteroatoms. The minimum atomic E-state index is -0.289. The standard InChI is InChI=1S/C34H22N4O2S2/c39-33(23-19-29(31-15-7-17-41-31)35-25-11-3-1-9-21(23)25)37-27-13-5-6-14-28(27)38-34(40)24-20-30(32-16-8-18-42-32)36-26-12-4-2-10-22(24)26/h1-20H,(H,37,39)(H,38,40). The van der Waals surface area contributed by atoms with Gasteiger partial charge in [-0.25, -0.2) is 9.97 Å². The van der Waals surface area contributed by atoms with Crippen LogP contribution in [0.3, 0.4) is 0 Å². The number of carbonyl (C=O) groups excluding carboxylic acids is 2. The van der Waals surface area contributed by atoms with Crippen molar-refractivity contribution in [2.24, 2.45) is 0 Å². The molecule has 7 aromatic rings. The van der Waals surface area contributed by atoms with Crippen molar-refractivity contribution in [1.29, 1.82) is 0 Å². The number of para-hydroxylation sites is 4. The van der Waals surface area contributed by atoms with Crippen LogP contribution in [0.25, 0.3) is 42.9 Å². The summed E-state index contributed by atoms with van der Waals surface area (Å²) in [6, 6.07) is 33.9. The van der Waals surface area contributed by atoms with Crippen molar-refractivity contribution in [2.45, 2.75) is 0 Å². The molecule has 4 aromatic heterocycles. The van der Waals surface area contributed by atoms with Crippen LogP contribution in [0.1, 0.15) is 20.7 Å². The van der Waals surface area contributed by atoms with E-state index >= 15 is 0 Å². The molecule has 0 aliphatic rings. The molecule has 202 valence electrons. The predicted molar refractivity (Wildman–Crippen MR) is 172 cm³/mol. The van der Waals surface area contributed by atoms with Crippen molar-refractivity contribution in [3.05, 3.63) is 131 Å². The number of hydrogen-bond donors (Lipinski definition) is 2. The number of rotatable bonds is 6. The first kappa shape index (κ1) is 25.8. The number of nitrogens with one attached hydrogen (secondary N) is 2. The molecule has 0 spiro atoms. The van der Waals surface area contributed by atoms with Gasteiger partial charge in [-0.2, -0.15) is 0 Å². The van der Waals surface area contributed by atoms with Crippen molar-refractivity contribution in [1.82, 2.24) is 9.97 Å². The molecule has 0 bridgehead atoms. The van der Waals surface area contributed by atoms with Crippen molar-refractivity contribution in [3.8, 4) is 21.1 Å². The first-order chi connectivity index (χ1) is 20.6. The molecule has 0 radical (unpaired) electrons. The summed E-state index contributed by atoms with van der Waals surface area (Å²) in [5.74, 6) is -0.579. The van der Waals surface area contributed by atoms with Crippen molar-refractivity contribution >= 4 is 67.7 Å². The van der Waals surface area contributed by atoms with Crippen LogP contribution in [0.4, 0.5) is 11.4 Å². The number of fused-ring (bicyclic) bond motifs is 2.